The van der Waals surface area contributed by atoms with E-state index < -0.39 is 18.2 Å². The highest BCUT2D eigenvalue weighted by Gasteiger charge is 2.51. The molecule has 15 nitrogen and oxygen atoms in total. The highest BCUT2D eigenvalue weighted by molar-refractivity contribution is 6.08. The zero-order valence-corrected chi connectivity index (χ0v) is 35.6. The number of likely N-dealkylation sites (N-methyl/N-ethyl adjacent to an activating group) is 2. The number of hydrazine groups is 1. The van der Waals surface area contributed by atoms with E-state index in [0.29, 0.717) is 38.0 Å². The van der Waals surface area contributed by atoms with Crippen LogP contribution < -0.4 is 5.32 Å². The van der Waals surface area contributed by atoms with Gasteiger partial charge in [-0.2, -0.15) is 0 Å². The number of phenols is 1. The minimum absolute atomic E-state index is 0.0354. The summed E-state index contributed by atoms with van der Waals surface area (Å²) < 4.78 is 1.92. The van der Waals surface area contributed by atoms with Gasteiger partial charge < -0.3 is 39.5 Å². The molecule has 4 heterocycles. The monoisotopic (exact) mass is 831 g/mol. The van der Waals surface area contributed by atoms with Gasteiger partial charge >= 0.3 is 6.03 Å². The number of hydrogen-bond acceptors (Lipinski definition) is 8. The largest absolute Gasteiger partial charge is 0.508 e. The van der Waals surface area contributed by atoms with Gasteiger partial charge in [-0.15, -0.1) is 6.58 Å². The maximum Gasteiger partial charge on any atom is 0.334 e. The van der Waals surface area contributed by atoms with Gasteiger partial charge in [-0.25, -0.2) is 14.8 Å². The Hall–Kier alpha value is -6.19. The molecular formula is C46H57N9O6. The van der Waals surface area contributed by atoms with E-state index in [9.17, 15) is 29.1 Å². The van der Waals surface area contributed by atoms with Crippen molar-refractivity contribution >= 4 is 40.6 Å². The molecule has 0 bridgehead atoms. The third kappa shape index (κ3) is 9.27. The van der Waals surface area contributed by atoms with Crippen molar-refractivity contribution in [2.24, 2.45) is 13.0 Å². The topological polar surface area (TPSA) is 145 Å². The number of aromatic hydroxyl groups is 1. The van der Waals surface area contributed by atoms with Gasteiger partial charge in [-0.1, -0.05) is 66.7 Å². The first kappa shape index (κ1) is 42.9. The summed E-state index contributed by atoms with van der Waals surface area (Å²) in [5.74, 6) is -0.583. The minimum Gasteiger partial charge on any atom is -0.508 e. The van der Waals surface area contributed by atoms with Gasteiger partial charge in [0, 0.05) is 83.8 Å². The normalized spacial score (nSPS) is 18.8. The van der Waals surface area contributed by atoms with E-state index in [1.165, 1.54) is 0 Å². The van der Waals surface area contributed by atoms with Gasteiger partial charge in [0.1, 0.15) is 18.0 Å². The number of carbonyl (C=O) groups excluding carboxylic acids is 5. The van der Waals surface area contributed by atoms with Crippen LogP contribution in [0.5, 0.6) is 5.75 Å². The van der Waals surface area contributed by atoms with E-state index in [2.05, 4.69) is 11.9 Å². The van der Waals surface area contributed by atoms with Gasteiger partial charge in [0.05, 0.1) is 24.2 Å². The fourth-order valence-corrected chi connectivity index (χ4v) is 8.88. The number of piperazine rings is 1. The molecule has 2 atom stereocenters. The summed E-state index contributed by atoms with van der Waals surface area (Å²) >= 11 is 0. The summed E-state index contributed by atoms with van der Waals surface area (Å²) in [5.41, 5.74) is 3.81. The molecule has 0 unspecified atom stereocenters. The number of likely N-dealkylation sites (tertiary alicyclic amines) is 1. The summed E-state index contributed by atoms with van der Waals surface area (Å²) in [6.45, 7) is 6.84. The van der Waals surface area contributed by atoms with Crippen molar-refractivity contribution < 1.29 is 29.1 Å². The van der Waals surface area contributed by atoms with Crippen LogP contribution in [-0.2, 0) is 40.9 Å². The lowest BCUT2D eigenvalue weighted by Gasteiger charge is -2.55. The number of urea groups is 1. The van der Waals surface area contributed by atoms with Crippen molar-refractivity contribution in [3.05, 3.63) is 114 Å². The summed E-state index contributed by atoms with van der Waals surface area (Å²) in [4.78, 5) is 79.3. The Kier molecular flexibility index (Phi) is 13.1. The van der Waals surface area contributed by atoms with E-state index in [1.54, 1.807) is 55.1 Å². The zero-order chi connectivity index (χ0) is 43.4. The second kappa shape index (κ2) is 18.6. The van der Waals surface area contributed by atoms with Gasteiger partial charge in [0.25, 0.3) is 5.91 Å². The van der Waals surface area contributed by atoms with E-state index in [0.717, 1.165) is 34.1 Å². The van der Waals surface area contributed by atoms with Crippen molar-refractivity contribution in [2.45, 2.75) is 44.6 Å². The summed E-state index contributed by atoms with van der Waals surface area (Å²) in [6.07, 6.45) is 4.00. The first-order valence-electron chi connectivity index (χ1n) is 20.9. The number of carbonyl (C=O) groups is 5. The second-order valence-electron chi connectivity index (χ2n) is 16.6. The Bertz CT molecular complexity index is 2250. The van der Waals surface area contributed by atoms with Crippen molar-refractivity contribution in [1.82, 2.24) is 44.4 Å². The molecule has 3 fully saturated rings. The summed E-state index contributed by atoms with van der Waals surface area (Å²) in [7, 11) is 7.69. The molecule has 0 saturated carbocycles. The molecule has 3 aliphatic heterocycles. The molecule has 1 aromatic heterocycles. The Balaban J connectivity index is 1.16. The quantitative estimate of drug-likeness (QED) is 0.195. The number of nitrogens with zero attached hydrogens (tertiary/aromatic N) is 8. The lowest BCUT2D eigenvalue weighted by Crippen LogP contribution is -2.76. The molecule has 2 N–H and O–H groups in total. The Morgan fingerprint density at radius 3 is 2.33 bits per heavy atom. The average Bonchev–Trinajstić information content (AvgIpc) is 3.60. The maximum atomic E-state index is 14.8. The van der Waals surface area contributed by atoms with Crippen LogP contribution >= 0.6 is 0 Å². The van der Waals surface area contributed by atoms with Crippen LogP contribution in [0.4, 0.5) is 4.79 Å². The predicted molar refractivity (Wildman–Crippen MR) is 232 cm³/mol. The van der Waals surface area contributed by atoms with Gasteiger partial charge in [-0.05, 0) is 55.8 Å². The van der Waals surface area contributed by atoms with E-state index in [-0.39, 0.29) is 74.4 Å². The molecule has 3 saturated heterocycles. The number of piperidine rings is 1. The molecule has 7 rings (SSSR count). The van der Waals surface area contributed by atoms with Gasteiger partial charge in [0.2, 0.25) is 17.7 Å². The molecule has 6 amide bonds. The van der Waals surface area contributed by atoms with Crippen LogP contribution in [-0.4, -0.2) is 153 Å². The van der Waals surface area contributed by atoms with Crippen LogP contribution in [0.3, 0.4) is 0 Å². The molecule has 15 heteroatoms. The highest BCUT2D eigenvalue weighted by atomic mass is 16.3. The molecule has 4 aromatic rings. The van der Waals surface area contributed by atoms with Crippen LogP contribution in [0.1, 0.15) is 39.9 Å². The van der Waals surface area contributed by atoms with E-state index in [1.807, 2.05) is 97.3 Å². The van der Waals surface area contributed by atoms with Crippen LogP contribution in [0.2, 0.25) is 0 Å². The van der Waals surface area contributed by atoms with Crippen molar-refractivity contribution in [3.8, 4) is 5.75 Å². The minimum atomic E-state index is -0.946. The number of fused-ring (bicyclic) bond motifs is 2. The molecule has 0 aliphatic carbocycles. The number of nitrogens with one attached hydrogen (secondary N) is 1. The number of benzene rings is 3. The van der Waals surface area contributed by atoms with E-state index in [4.69, 9.17) is 0 Å². The molecule has 3 aromatic carbocycles. The Labute approximate surface area is 357 Å². The van der Waals surface area contributed by atoms with Crippen molar-refractivity contribution in [3.63, 3.8) is 0 Å². The summed E-state index contributed by atoms with van der Waals surface area (Å²) in [6, 6.07) is 20.5. The molecule has 322 valence electrons. The predicted octanol–water partition coefficient (Wildman–Crippen LogP) is 3.49. The van der Waals surface area contributed by atoms with Crippen molar-refractivity contribution in [1.29, 1.82) is 0 Å². The fourth-order valence-electron chi connectivity index (χ4n) is 8.88. The zero-order valence-electron chi connectivity index (χ0n) is 35.6. The second-order valence-corrected chi connectivity index (χ2v) is 16.6. The van der Waals surface area contributed by atoms with Gasteiger partial charge in [-0.3, -0.25) is 19.2 Å². The molecule has 61 heavy (non-hydrogen) atoms. The fraction of sp³-hybridized carbons (Fsp3) is 0.413. The van der Waals surface area contributed by atoms with Crippen LogP contribution in [0.15, 0.2) is 91.6 Å². The molecule has 0 spiro atoms. The van der Waals surface area contributed by atoms with Crippen molar-refractivity contribution in [2.75, 3.05) is 67.0 Å². The Morgan fingerprint density at radius 2 is 1.64 bits per heavy atom. The Morgan fingerprint density at radius 1 is 0.918 bits per heavy atom. The lowest BCUT2D eigenvalue weighted by atomic mass is 9.94. The summed E-state index contributed by atoms with van der Waals surface area (Å²) in [5, 5.41) is 17.0. The third-order valence-corrected chi connectivity index (χ3v) is 12.1. The molecular weight excluding hydrogens is 775 g/mol. The van der Waals surface area contributed by atoms with Crippen LogP contribution in [0.25, 0.3) is 10.9 Å². The van der Waals surface area contributed by atoms with E-state index >= 15 is 0 Å². The number of hydrogen-bond donors (Lipinski definition) is 2. The number of phenolic OH excluding ortho intramolecular Hbond substituents is 1. The maximum absolute atomic E-state index is 14.8. The molecule has 3 aliphatic rings. The van der Waals surface area contributed by atoms with Gasteiger partial charge in [0.15, 0.2) is 0 Å². The van der Waals surface area contributed by atoms with Crippen LogP contribution in [0, 0.1) is 5.92 Å². The number of amides is 6. The smallest absolute Gasteiger partial charge is 0.334 e. The third-order valence-electron chi connectivity index (χ3n) is 12.1. The number of rotatable bonds is 13. The number of aryl methyl sites for hydroxylation is 1. The highest BCUT2D eigenvalue weighted by Crippen LogP contribution is 2.33. The first-order valence-corrected chi connectivity index (χ1v) is 20.9. The SMILES string of the molecule is C=CCN1CC(=O)N2[C@@H](Cc3ccc(O)cc3)C(=O)N(Cc3cccc4c(C(=O)N5CCC(C(=O)N(C)CCN(C)C)CC5)cn(C)c34)C[C@@H]2N1C(=O)NCc1ccccc1. The molecule has 0 radical (unpaired) electrons. The lowest BCUT2D eigenvalue weighted by molar-refractivity contribution is -0.189. The number of aromatic nitrogens is 1. The first-order chi connectivity index (χ1) is 29.3. The number of para-hydroxylation sites is 1. The average molecular weight is 832 g/mol. The standard InChI is InChI=1S/C46H57N9O6/c1-6-21-53-31-41(57)54-39(26-32-15-17-36(56)18-16-32)45(60)52(30-40(54)55(53)46(61)47-27-33-11-8-7-9-12-33)28-35-13-10-14-37-38(29-50(5)42(35)37)44(59)51-22-19-34(20-23-51)43(58)49(4)25-24-48(2)3/h6-18,29,34,39-40,56H,1,19-28,30-31H2,2-5H3,(H,47,61)/t39-,40-/m0/s1.